The molecule has 0 atom stereocenters. The predicted octanol–water partition coefficient (Wildman–Crippen LogP) is 2.72. The van der Waals surface area contributed by atoms with Gasteiger partial charge in [0, 0.05) is 25.7 Å². The third-order valence-corrected chi connectivity index (χ3v) is 4.05. The summed E-state index contributed by atoms with van der Waals surface area (Å²) in [4.78, 5) is 8.81. The molecule has 2 N–H and O–H groups in total. The van der Waals surface area contributed by atoms with Crippen molar-refractivity contribution in [3.05, 3.63) is 18.1 Å². The maximum atomic E-state index is 4.53. The van der Waals surface area contributed by atoms with E-state index in [1.165, 1.54) is 0 Å². The van der Waals surface area contributed by atoms with Gasteiger partial charge in [0.2, 0.25) is 0 Å². The van der Waals surface area contributed by atoms with Gasteiger partial charge in [-0.25, -0.2) is 9.97 Å². The topological polar surface area (TPSA) is 49.8 Å². The summed E-state index contributed by atoms with van der Waals surface area (Å²) in [5.74, 6) is 1.80. The second kappa shape index (κ2) is 6.33. The van der Waals surface area contributed by atoms with Crippen molar-refractivity contribution in [1.29, 1.82) is 0 Å². The zero-order chi connectivity index (χ0) is 14.5. The molecular formula is C15H28N4. The first kappa shape index (κ1) is 15.9. The van der Waals surface area contributed by atoms with Crippen LogP contribution >= 0.6 is 0 Å². The summed E-state index contributed by atoms with van der Waals surface area (Å²) in [6, 6.07) is 1.93. The standard InChI is InChI=1S/C15H28N4/c1-14(2,3)15(4,5)11-18-13-8-10-17-12(19-13)7-9-16-6/h8,10,16H,7,9,11H2,1-6H3,(H,17,18,19). The number of aromatic nitrogens is 2. The Labute approximate surface area is 117 Å². The molecule has 1 aromatic heterocycles. The van der Waals surface area contributed by atoms with Gasteiger partial charge in [-0.3, -0.25) is 0 Å². The first-order valence-electron chi connectivity index (χ1n) is 6.97. The first-order valence-corrected chi connectivity index (χ1v) is 6.97. The van der Waals surface area contributed by atoms with Crippen molar-refractivity contribution < 1.29 is 0 Å². The van der Waals surface area contributed by atoms with Gasteiger partial charge < -0.3 is 10.6 Å². The van der Waals surface area contributed by atoms with Gasteiger partial charge in [0.25, 0.3) is 0 Å². The van der Waals surface area contributed by atoms with E-state index < -0.39 is 0 Å². The normalized spacial score (nSPS) is 12.5. The van der Waals surface area contributed by atoms with Crippen molar-refractivity contribution in [2.75, 3.05) is 25.5 Å². The summed E-state index contributed by atoms with van der Waals surface area (Å²) >= 11 is 0. The molecule has 0 aliphatic rings. The van der Waals surface area contributed by atoms with E-state index >= 15 is 0 Å². The molecule has 0 fully saturated rings. The van der Waals surface area contributed by atoms with Crippen molar-refractivity contribution in [3.63, 3.8) is 0 Å². The maximum absolute atomic E-state index is 4.53. The molecule has 0 aliphatic carbocycles. The van der Waals surface area contributed by atoms with Gasteiger partial charge in [-0.15, -0.1) is 0 Å². The molecule has 4 heteroatoms. The van der Waals surface area contributed by atoms with Crippen molar-refractivity contribution >= 4 is 5.82 Å². The van der Waals surface area contributed by atoms with Crippen molar-refractivity contribution in [1.82, 2.24) is 15.3 Å². The Kier molecular flexibility index (Phi) is 5.29. The number of nitrogens with zero attached hydrogens (tertiary/aromatic N) is 2. The van der Waals surface area contributed by atoms with Crippen LogP contribution in [0, 0.1) is 10.8 Å². The van der Waals surface area contributed by atoms with Crippen molar-refractivity contribution in [2.45, 2.75) is 41.0 Å². The van der Waals surface area contributed by atoms with Crippen molar-refractivity contribution in [3.8, 4) is 0 Å². The van der Waals surface area contributed by atoms with E-state index in [9.17, 15) is 0 Å². The summed E-state index contributed by atoms with van der Waals surface area (Å²) in [6.45, 7) is 13.2. The molecule has 0 aliphatic heterocycles. The average molecular weight is 264 g/mol. The van der Waals surface area contributed by atoms with Gasteiger partial charge in [-0.2, -0.15) is 0 Å². The monoisotopic (exact) mass is 264 g/mol. The number of likely N-dealkylation sites (N-methyl/N-ethyl adjacent to an activating group) is 1. The molecule has 1 heterocycles. The van der Waals surface area contributed by atoms with E-state index in [0.717, 1.165) is 31.2 Å². The summed E-state index contributed by atoms with van der Waals surface area (Å²) in [5.41, 5.74) is 0.449. The van der Waals surface area contributed by atoms with Crippen LogP contribution < -0.4 is 10.6 Å². The molecule has 0 bridgehead atoms. The van der Waals surface area contributed by atoms with Gasteiger partial charge in [-0.1, -0.05) is 34.6 Å². The molecule has 1 rings (SSSR count). The Morgan fingerprint density at radius 2 is 1.84 bits per heavy atom. The van der Waals surface area contributed by atoms with E-state index in [0.29, 0.717) is 0 Å². The zero-order valence-corrected chi connectivity index (χ0v) is 13.2. The van der Waals surface area contributed by atoms with Crippen LogP contribution in [0.4, 0.5) is 5.82 Å². The van der Waals surface area contributed by atoms with Crippen LogP contribution in [0.3, 0.4) is 0 Å². The average Bonchev–Trinajstić information content (AvgIpc) is 2.33. The molecule has 0 radical (unpaired) electrons. The Morgan fingerprint density at radius 3 is 2.42 bits per heavy atom. The summed E-state index contributed by atoms with van der Waals surface area (Å²) in [6.07, 6.45) is 2.68. The van der Waals surface area contributed by atoms with Crippen molar-refractivity contribution in [2.24, 2.45) is 10.8 Å². The van der Waals surface area contributed by atoms with Gasteiger partial charge in [-0.05, 0) is 23.9 Å². The first-order chi connectivity index (χ1) is 8.76. The molecule has 0 unspecified atom stereocenters. The SMILES string of the molecule is CNCCc1nccc(NCC(C)(C)C(C)(C)C)n1. The number of hydrogen-bond acceptors (Lipinski definition) is 4. The highest BCUT2D eigenvalue weighted by molar-refractivity contribution is 5.33. The predicted molar refractivity (Wildman–Crippen MR) is 81.4 cm³/mol. The van der Waals surface area contributed by atoms with Crippen LogP contribution in [0.25, 0.3) is 0 Å². The second-order valence-electron chi connectivity index (χ2n) is 6.70. The Hall–Kier alpha value is -1.16. The fourth-order valence-electron chi connectivity index (χ4n) is 1.43. The molecule has 19 heavy (non-hydrogen) atoms. The lowest BCUT2D eigenvalue weighted by Crippen LogP contribution is -2.36. The number of nitrogens with one attached hydrogen (secondary N) is 2. The van der Waals surface area contributed by atoms with Crippen LogP contribution in [0.1, 0.15) is 40.4 Å². The summed E-state index contributed by atoms with van der Waals surface area (Å²) in [7, 11) is 1.94. The molecular weight excluding hydrogens is 236 g/mol. The van der Waals surface area contributed by atoms with Crippen LogP contribution in [0.15, 0.2) is 12.3 Å². The maximum Gasteiger partial charge on any atom is 0.131 e. The Balaban J connectivity index is 2.63. The number of rotatable bonds is 6. The molecule has 4 nitrogen and oxygen atoms in total. The minimum absolute atomic E-state index is 0.198. The summed E-state index contributed by atoms with van der Waals surface area (Å²) < 4.78 is 0. The van der Waals surface area contributed by atoms with E-state index in [2.05, 4.69) is 55.2 Å². The summed E-state index contributed by atoms with van der Waals surface area (Å²) in [5, 5.41) is 6.55. The molecule has 0 aromatic carbocycles. The van der Waals surface area contributed by atoms with Gasteiger partial charge in [0.05, 0.1) is 0 Å². The molecule has 0 amide bonds. The van der Waals surface area contributed by atoms with Crippen LogP contribution in [-0.4, -0.2) is 30.1 Å². The Morgan fingerprint density at radius 1 is 1.16 bits per heavy atom. The highest BCUT2D eigenvalue weighted by Crippen LogP contribution is 2.37. The molecule has 108 valence electrons. The smallest absolute Gasteiger partial charge is 0.131 e. The van der Waals surface area contributed by atoms with E-state index in [-0.39, 0.29) is 10.8 Å². The third-order valence-electron chi connectivity index (χ3n) is 4.05. The molecule has 0 saturated heterocycles. The lowest BCUT2D eigenvalue weighted by molar-refractivity contribution is 0.148. The highest BCUT2D eigenvalue weighted by Gasteiger charge is 2.32. The van der Waals surface area contributed by atoms with Gasteiger partial charge in [0.1, 0.15) is 11.6 Å². The van der Waals surface area contributed by atoms with E-state index in [1.54, 1.807) is 0 Å². The molecule has 0 spiro atoms. The van der Waals surface area contributed by atoms with E-state index in [4.69, 9.17) is 0 Å². The van der Waals surface area contributed by atoms with E-state index in [1.807, 2.05) is 19.3 Å². The number of hydrogen-bond donors (Lipinski definition) is 2. The third kappa shape index (κ3) is 4.78. The fraction of sp³-hybridized carbons (Fsp3) is 0.733. The number of anilines is 1. The van der Waals surface area contributed by atoms with Crippen LogP contribution in [0.5, 0.6) is 0 Å². The second-order valence-corrected chi connectivity index (χ2v) is 6.70. The lowest BCUT2D eigenvalue weighted by Gasteiger charge is -2.39. The minimum Gasteiger partial charge on any atom is -0.369 e. The minimum atomic E-state index is 0.198. The molecule has 0 saturated carbocycles. The zero-order valence-electron chi connectivity index (χ0n) is 13.2. The van der Waals surface area contributed by atoms with Crippen LogP contribution in [-0.2, 0) is 6.42 Å². The Bertz CT molecular complexity index is 393. The quantitative estimate of drug-likeness (QED) is 0.829. The lowest BCUT2D eigenvalue weighted by atomic mass is 9.69. The van der Waals surface area contributed by atoms with Gasteiger partial charge >= 0.3 is 0 Å². The van der Waals surface area contributed by atoms with Crippen LogP contribution in [0.2, 0.25) is 0 Å². The highest BCUT2D eigenvalue weighted by atomic mass is 15.0. The largest absolute Gasteiger partial charge is 0.369 e. The van der Waals surface area contributed by atoms with Gasteiger partial charge in [0.15, 0.2) is 0 Å². The fourth-order valence-corrected chi connectivity index (χ4v) is 1.43. The molecule has 1 aromatic rings.